The van der Waals surface area contributed by atoms with Crippen molar-refractivity contribution in [3.05, 3.63) is 65.6 Å². The fourth-order valence-electron chi connectivity index (χ4n) is 2.97. The van der Waals surface area contributed by atoms with Gasteiger partial charge in [0.1, 0.15) is 11.6 Å². The third-order valence-electron chi connectivity index (χ3n) is 4.25. The van der Waals surface area contributed by atoms with Crippen LogP contribution in [0.5, 0.6) is 5.75 Å². The molecule has 0 fully saturated rings. The number of ether oxygens (including phenoxy) is 1. The van der Waals surface area contributed by atoms with Crippen LogP contribution in [-0.2, 0) is 19.6 Å². The van der Waals surface area contributed by atoms with Crippen LogP contribution >= 0.6 is 0 Å². The van der Waals surface area contributed by atoms with E-state index in [0.717, 1.165) is 47.0 Å². The average Bonchev–Trinajstić information content (AvgIpc) is 3.15. The molecule has 0 atom stereocenters. The van der Waals surface area contributed by atoms with Gasteiger partial charge in [-0.3, -0.25) is 4.98 Å². The molecule has 25 heavy (non-hydrogen) atoms. The molecule has 0 saturated carbocycles. The first-order valence-corrected chi connectivity index (χ1v) is 8.22. The number of fused-ring (bicyclic) bond motifs is 1. The summed E-state index contributed by atoms with van der Waals surface area (Å²) in [5, 5.41) is 6.80. The number of benzene rings is 1. The van der Waals surface area contributed by atoms with Crippen LogP contribution in [-0.4, -0.2) is 22.1 Å². The van der Waals surface area contributed by atoms with Gasteiger partial charge in [0.25, 0.3) is 0 Å². The summed E-state index contributed by atoms with van der Waals surface area (Å²) in [7, 11) is 1.69. The summed E-state index contributed by atoms with van der Waals surface area (Å²) in [5.74, 6) is 2.42. The minimum atomic E-state index is 0.639. The van der Waals surface area contributed by atoms with Gasteiger partial charge in [0, 0.05) is 48.7 Å². The number of para-hydroxylation sites is 1. The zero-order valence-corrected chi connectivity index (χ0v) is 14.0. The molecular weight excluding hydrogens is 314 g/mol. The zero-order chi connectivity index (χ0) is 17.1. The monoisotopic (exact) mass is 333 g/mol. The second-order valence-corrected chi connectivity index (χ2v) is 5.83. The molecular formula is C19H19N5O. The number of rotatable bonds is 5. The highest BCUT2D eigenvalue weighted by molar-refractivity contribution is 5.60. The van der Waals surface area contributed by atoms with Gasteiger partial charge in [0.15, 0.2) is 5.82 Å². The molecule has 126 valence electrons. The van der Waals surface area contributed by atoms with Crippen LogP contribution in [0.3, 0.4) is 0 Å². The molecule has 0 saturated heterocycles. The topological polar surface area (TPSA) is 72.0 Å². The van der Waals surface area contributed by atoms with E-state index in [1.807, 2.05) is 36.4 Å². The van der Waals surface area contributed by atoms with Crippen molar-refractivity contribution in [2.24, 2.45) is 0 Å². The van der Waals surface area contributed by atoms with Crippen molar-refractivity contribution < 1.29 is 4.74 Å². The Labute approximate surface area is 146 Å². The third-order valence-corrected chi connectivity index (χ3v) is 4.25. The number of nitrogens with one attached hydrogen (secondary N) is 2. The molecule has 1 aromatic carbocycles. The summed E-state index contributed by atoms with van der Waals surface area (Å²) in [6, 6.07) is 11.9. The Morgan fingerprint density at radius 3 is 2.88 bits per heavy atom. The fourth-order valence-corrected chi connectivity index (χ4v) is 2.97. The summed E-state index contributed by atoms with van der Waals surface area (Å²) in [6.45, 7) is 2.17. The number of hydrogen-bond acceptors (Lipinski definition) is 6. The number of nitrogens with zero attached hydrogens (tertiary/aromatic N) is 3. The first kappa shape index (κ1) is 15.5. The molecule has 2 aromatic heterocycles. The van der Waals surface area contributed by atoms with Crippen LogP contribution < -0.4 is 15.4 Å². The summed E-state index contributed by atoms with van der Waals surface area (Å²) >= 11 is 0. The summed E-state index contributed by atoms with van der Waals surface area (Å²) in [6.07, 6.45) is 3.54. The molecule has 6 heteroatoms. The lowest BCUT2D eigenvalue weighted by Crippen LogP contribution is -2.08. The lowest BCUT2D eigenvalue weighted by Gasteiger charge is -2.13. The van der Waals surface area contributed by atoms with Gasteiger partial charge < -0.3 is 15.4 Å². The molecule has 3 heterocycles. The molecule has 0 radical (unpaired) electrons. The first-order valence-electron chi connectivity index (χ1n) is 8.22. The maximum atomic E-state index is 5.43. The minimum Gasteiger partial charge on any atom is -0.496 e. The van der Waals surface area contributed by atoms with Gasteiger partial charge in [-0.25, -0.2) is 9.97 Å². The van der Waals surface area contributed by atoms with Gasteiger partial charge >= 0.3 is 0 Å². The van der Waals surface area contributed by atoms with E-state index in [1.165, 1.54) is 0 Å². The van der Waals surface area contributed by atoms with Crippen molar-refractivity contribution in [2.75, 3.05) is 12.4 Å². The van der Waals surface area contributed by atoms with Crippen LogP contribution in [0.1, 0.15) is 16.8 Å². The molecule has 6 nitrogen and oxygen atoms in total. The highest BCUT2D eigenvalue weighted by Gasteiger charge is 2.19. The zero-order valence-electron chi connectivity index (χ0n) is 14.0. The molecule has 0 spiro atoms. The fraction of sp³-hybridized carbons (Fsp3) is 0.211. The second-order valence-electron chi connectivity index (χ2n) is 5.83. The number of aromatic nitrogens is 3. The van der Waals surface area contributed by atoms with E-state index >= 15 is 0 Å². The van der Waals surface area contributed by atoms with Crippen LogP contribution in [0, 0.1) is 0 Å². The lowest BCUT2D eigenvalue weighted by atomic mass is 10.2. The Bertz CT molecular complexity index is 882. The molecule has 0 unspecified atom stereocenters. The predicted octanol–water partition coefficient (Wildman–Crippen LogP) is 2.76. The van der Waals surface area contributed by atoms with Gasteiger partial charge in [-0.05, 0) is 18.2 Å². The molecule has 1 aliphatic heterocycles. The van der Waals surface area contributed by atoms with Crippen molar-refractivity contribution in [3.63, 3.8) is 0 Å². The number of methoxy groups -OCH3 is 1. The Hall–Kier alpha value is -2.99. The lowest BCUT2D eigenvalue weighted by molar-refractivity contribution is 0.410. The molecule has 0 aliphatic carbocycles. The van der Waals surface area contributed by atoms with E-state index < -0.39 is 0 Å². The van der Waals surface area contributed by atoms with Crippen molar-refractivity contribution in [1.29, 1.82) is 0 Å². The van der Waals surface area contributed by atoms with Gasteiger partial charge in [-0.1, -0.05) is 18.2 Å². The van der Waals surface area contributed by atoms with E-state index in [0.29, 0.717) is 12.4 Å². The third kappa shape index (κ3) is 3.16. The molecule has 4 rings (SSSR count). The van der Waals surface area contributed by atoms with Crippen LogP contribution in [0.15, 0.2) is 48.8 Å². The maximum absolute atomic E-state index is 5.43. The SMILES string of the molecule is COc1ccccc1CNc1nc(-c2cccnc2)nc2c1CNC2. The van der Waals surface area contributed by atoms with Gasteiger partial charge in [-0.15, -0.1) is 0 Å². The Balaban J connectivity index is 1.66. The standard InChI is InChI=1S/C19H19N5O/c1-25-17-7-3-2-5-13(17)10-22-19-15-11-21-12-16(15)23-18(24-19)14-6-4-8-20-9-14/h2-9,21H,10-12H2,1H3,(H,22,23,24). The summed E-state index contributed by atoms with van der Waals surface area (Å²) in [4.78, 5) is 13.6. The molecule has 1 aliphatic rings. The molecule has 2 N–H and O–H groups in total. The largest absolute Gasteiger partial charge is 0.496 e. The highest BCUT2D eigenvalue weighted by Crippen LogP contribution is 2.26. The van der Waals surface area contributed by atoms with Crippen molar-refractivity contribution in [2.45, 2.75) is 19.6 Å². The van der Waals surface area contributed by atoms with Crippen LogP contribution in [0.4, 0.5) is 5.82 Å². The van der Waals surface area contributed by atoms with Gasteiger partial charge in [0.05, 0.1) is 12.8 Å². The molecule has 0 bridgehead atoms. The van der Waals surface area contributed by atoms with E-state index in [1.54, 1.807) is 19.5 Å². The Kier molecular flexibility index (Phi) is 4.26. The van der Waals surface area contributed by atoms with Crippen molar-refractivity contribution >= 4 is 5.82 Å². The number of pyridine rings is 1. The first-order chi connectivity index (χ1) is 12.3. The molecule has 0 amide bonds. The van der Waals surface area contributed by atoms with E-state index in [9.17, 15) is 0 Å². The van der Waals surface area contributed by atoms with Crippen molar-refractivity contribution in [3.8, 4) is 17.1 Å². The number of anilines is 1. The van der Waals surface area contributed by atoms with Crippen LogP contribution in [0.25, 0.3) is 11.4 Å². The summed E-state index contributed by atoms with van der Waals surface area (Å²) in [5.41, 5.74) is 4.17. The van der Waals surface area contributed by atoms with E-state index in [2.05, 4.69) is 15.6 Å². The predicted molar refractivity (Wildman–Crippen MR) is 96.1 cm³/mol. The highest BCUT2D eigenvalue weighted by atomic mass is 16.5. The second kappa shape index (κ2) is 6.86. The van der Waals surface area contributed by atoms with E-state index in [-0.39, 0.29) is 0 Å². The van der Waals surface area contributed by atoms with Gasteiger partial charge in [-0.2, -0.15) is 0 Å². The number of hydrogen-bond donors (Lipinski definition) is 2. The Morgan fingerprint density at radius 1 is 1.12 bits per heavy atom. The summed E-state index contributed by atoms with van der Waals surface area (Å²) < 4.78 is 5.43. The smallest absolute Gasteiger partial charge is 0.163 e. The van der Waals surface area contributed by atoms with Gasteiger partial charge in [0.2, 0.25) is 0 Å². The molecule has 3 aromatic rings. The Morgan fingerprint density at radius 2 is 2.04 bits per heavy atom. The van der Waals surface area contributed by atoms with Crippen molar-refractivity contribution in [1.82, 2.24) is 20.3 Å². The van der Waals surface area contributed by atoms with E-state index in [4.69, 9.17) is 14.7 Å². The maximum Gasteiger partial charge on any atom is 0.163 e. The quantitative estimate of drug-likeness (QED) is 0.748. The minimum absolute atomic E-state index is 0.639. The average molecular weight is 333 g/mol. The van der Waals surface area contributed by atoms with Crippen LogP contribution in [0.2, 0.25) is 0 Å². The normalized spacial score (nSPS) is 12.7.